The third kappa shape index (κ3) is 15.0. The van der Waals surface area contributed by atoms with Crippen LogP contribution < -0.4 is 72.5 Å². The molecule has 0 spiro atoms. The Morgan fingerprint density at radius 1 is 0.864 bits per heavy atom. The molecule has 1 aliphatic rings. The van der Waals surface area contributed by atoms with Gasteiger partial charge in [-0.3, -0.25) is 28.4 Å². The monoisotopic (exact) mass is 1120 g/mol. The number of hydrogen-bond acceptors (Lipinski definition) is 14. The fraction of sp³-hybridized carbons (Fsp3) is 0.258. The van der Waals surface area contributed by atoms with E-state index in [-0.39, 0.29) is 96.4 Å². The second-order valence-corrected chi connectivity index (χ2v) is 19.4. The number of phenolic OH excluding ortho intramolecular Hbond substituents is 1. The molecule has 10 rings (SSSR count). The van der Waals surface area contributed by atoms with Crippen LogP contribution in [0.5, 0.6) is 11.5 Å². The summed E-state index contributed by atoms with van der Waals surface area (Å²) < 4.78 is 14.8. The quantitative estimate of drug-likeness (QED) is 0.0471. The zero-order chi connectivity index (χ0) is 57.8. The number of ether oxygens (including phenoxy) is 1. The molecule has 0 atom stereocenters. The van der Waals surface area contributed by atoms with Crippen LogP contribution >= 0.6 is 0 Å². The number of pyridine rings is 2. The number of aromatic amines is 1. The molecule has 19 heteroatoms. The molecule has 412 valence electrons. The number of aryl methyl sites for hydroxylation is 4. The molecule has 0 bridgehead atoms. The Hall–Kier alpha value is -7.78. The number of carbonyl (C=O) groups excluding carboxylic acids is 2. The van der Waals surface area contributed by atoms with Crippen molar-refractivity contribution in [3.63, 3.8) is 0 Å². The van der Waals surface area contributed by atoms with Crippen LogP contribution in [0.25, 0.3) is 44.5 Å². The van der Waals surface area contributed by atoms with Crippen molar-refractivity contribution in [2.75, 3.05) is 20.6 Å². The van der Waals surface area contributed by atoms with Gasteiger partial charge in [-0.25, -0.2) is 9.78 Å². The molecule has 0 radical (unpaired) electrons. The summed E-state index contributed by atoms with van der Waals surface area (Å²) in [6, 6.07) is 27.4. The predicted molar refractivity (Wildman–Crippen MR) is 309 cm³/mol. The molecule has 0 amide bonds. The summed E-state index contributed by atoms with van der Waals surface area (Å²) >= 11 is 0. The minimum atomic E-state index is -1.35. The topological polar surface area (TPSA) is 245 Å². The Morgan fingerprint density at radius 2 is 1.60 bits per heavy atom. The van der Waals surface area contributed by atoms with Gasteiger partial charge < -0.3 is 28.8 Å². The number of Topliss-reactive ketones (excluding diaryl/α,β-unsaturated/α-hetero) is 2. The van der Waals surface area contributed by atoms with E-state index in [2.05, 4.69) is 87.6 Å². The predicted octanol–water partition coefficient (Wildman–Crippen LogP) is 6.69. The number of tetrazole rings is 1. The van der Waals surface area contributed by atoms with Gasteiger partial charge >= 0.3 is 57.4 Å². The van der Waals surface area contributed by atoms with Gasteiger partial charge in [0.05, 0.1) is 16.6 Å². The summed E-state index contributed by atoms with van der Waals surface area (Å²) in [5.74, 6) is -0.387. The molecule has 1 aliphatic heterocycles. The second kappa shape index (κ2) is 28.6. The number of aromatic nitrogens is 7. The Balaban J connectivity index is 0.000000181. The fourth-order valence-corrected chi connectivity index (χ4v) is 9.35. The fourth-order valence-electron chi connectivity index (χ4n) is 9.35. The summed E-state index contributed by atoms with van der Waals surface area (Å²) in [5, 5.41) is 32.2. The van der Waals surface area contributed by atoms with Crippen LogP contribution in [0.1, 0.15) is 106 Å². The Labute approximate surface area is 510 Å². The molecule has 6 heterocycles. The number of rotatable bonds is 13. The normalized spacial score (nSPS) is 11.8. The Kier molecular flexibility index (Phi) is 22.0. The van der Waals surface area contributed by atoms with E-state index in [1.165, 1.54) is 51.9 Å². The Bertz CT molecular complexity index is 4010. The first-order valence-electron chi connectivity index (χ1n) is 26.1. The molecule has 0 saturated heterocycles. The van der Waals surface area contributed by atoms with Crippen molar-refractivity contribution in [1.29, 1.82) is 0 Å². The van der Waals surface area contributed by atoms with Crippen LogP contribution in [0.15, 0.2) is 141 Å². The second-order valence-electron chi connectivity index (χ2n) is 19.4. The van der Waals surface area contributed by atoms with Gasteiger partial charge in [-0.05, 0) is 136 Å². The summed E-state index contributed by atoms with van der Waals surface area (Å²) in [6.07, 6.45) is 10.7. The van der Waals surface area contributed by atoms with E-state index in [0.29, 0.717) is 65.8 Å². The van der Waals surface area contributed by atoms with Crippen LogP contribution in [-0.4, -0.2) is 87.9 Å². The van der Waals surface area contributed by atoms with Gasteiger partial charge in [-0.15, -0.1) is 16.8 Å². The first-order valence-corrected chi connectivity index (χ1v) is 26.1. The molecule has 0 aliphatic carbocycles. The van der Waals surface area contributed by atoms with Crippen molar-refractivity contribution in [2.45, 2.75) is 86.8 Å². The van der Waals surface area contributed by atoms with Crippen molar-refractivity contribution in [3.05, 3.63) is 209 Å². The van der Waals surface area contributed by atoms with Crippen molar-refractivity contribution >= 4 is 50.6 Å². The van der Waals surface area contributed by atoms with Gasteiger partial charge in [0.2, 0.25) is 11.6 Å². The number of aromatic carboxylic acids is 1. The average molecular weight is 1120 g/mol. The van der Waals surface area contributed by atoms with Crippen molar-refractivity contribution < 1.29 is 85.1 Å². The number of fused-ring (bicyclic) bond motifs is 5. The third-order valence-corrected chi connectivity index (χ3v) is 13.1. The molecule has 5 aromatic heterocycles. The van der Waals surface area contributed by atoms with Gasteiger partial charge in [0.15, 0.2) is 16.6 Å². The number of ketones is 2. The van der Waals surface area contributed by atoms with Crippen LogP contribution in [-0.2, 0) is 37.2 Å². The number of nitrogens with one attached hydrogen (secondary N) is 1. The number of hydrogen-bond donors (Lipinski definition) is 3. The number of carboxylic acid groups (broad SMARTS) is 1. The van der Waals surface area contributed by atoms with Crippen LogP contribution in [0.2, 0.25) is 0 Å². The molecule has 18 nitrogen and oxygen atoms in total. The maximum absolute atomic E-state index is 12.7. The maximum atomic E-state index is 12.7. The zero-order valence-corrected chi connectivity index (χ0v) is 50.2. The van der Waals surface area contributed by atoms with E-state index in [9.17, 15) is 39.0 Å². The molecular weight excluding hydrogens is 1060 g/mol. The van der Waals surface area contributed by atoms with E-state index in [4.69, 9.17) is 9.15 Å². The number of benzene rings is 4. The number of nitrogens with zero attached hydrogens (tertiary/aromatic N) is 7. The largest absolute Gasteiger partial charge is 1.00 e. The first-order chi connectivity index (χ1) is 38.3. The SMILES string of the molecule is C=CCc1ccc(O)c(C)c1.CC(=O)Cc1ccc2c(c1)/C(=C/CCN(C)C)c1ccccc1CO2.CCCc1c2oc(C(=O)O)cc(=O)c2cc2c(=O)cc(C(C)=O)n(CC)c12.Cc1cccn2c(=O)c(-c3nn[nH]n3)cnc12.[K+]. The summed E-state index contributed by atoms with van der Waals surface area (Å²) in [6.45, 7) is 16.2. The van der Waals surface area contributed by atoms with Crippen LogP contribution in [0.3, 0.4) is 0 Å². The molecule has 4 aromatic carbocycles. The molecule has 0 saturated carbocycles. The molecular formula is C62H64KN8O10+. The first kappa shape index (κ1) is 62.4. The number of aromatic hydroxyl groups is 1. The van der Waals surface area contributed by atoms with E-state index >= 15 is 0 Å². The molecule has 0 unspecified atom stereocenters. The van der Waals surface area contributed by atoms with Gasteiger partial charge in [0, 0.05) is 67.5 Å². The Morgan fingerprint density at radius 3 is 2.26 bits per heavy atom. The minimum Gasteiger partial charge on any atom is -0.508 e. The zero-order valence-electron chi connectivity index (χ0n) is 47.1. The number of allylic oxidation sites excluding steroid dienone is 1. The maximum Gasteiger partial charge on any atom is 1.00 e. The molecule has 9 aromatic rings. The van der Waals surface area contributed by atoms with Gasteiger partial charge in [0.25, 0.3) is 5.56 Å². The number of phenols is 1. The van der Waals surface area contributed by atoms with E-state index in [1.54, 1.807) is 29.8 Å². The smallest absolute Gasteiger partial charge is 0.508 e. The molecule has 0 fully saturated rings. The molecule has 81 heavy (non-hydrogen) atoms. The standard InChI is InChI=1S/C22H25NO2.C20H19NO6.C10H8N6O.C10H12O.K/c1-16(24)13-17-10-11-22-21(14-17)20(9-6-12-23(2)3)19-8-5-4-7-18(19)15-25-22;1-4-6-11-18-12(15(23)8-14(10(3)22)21(18)5-2)7-13-16(24)9-17(20(25)26)27-19(11)13;1-6-3-2-4-16-9(6)11-5-7(10(16)17)8-12-14-15-13-8;1-3-4-9-5-6-10(11)8(2)7-9;/h4-5,7-11,14H,6,12-13,15H2,1-3H3;7-9H,4-6H2,1-3H3,(H,25,26);2-5H,1H3,(H,12,13,14,15);3,5-7,11H,1,4H2,2H3;/q;;;;+1/b20-9+;;;;. The summed E-state index contributed by atoms with van der Waals surface area (Å²) in [7, 11) is 4.17. The van der Waals surface area contributed by atoms with E-state index in [0.717, 1.165) is 53.5 Å². The number of carbonyl (C=O) groups is 3. The van der Waals surface area contributed by atoms with Gasteiger partial charge in [0.1, 0.15) is 40.7 Å². The van der Waals surface area contributed by atoms with Crippen molar-refractivity contribution in [2.24, 2.45) is 0 Å². The minimum absolute atomic E-state index is 0. The average Bonchev–Trinajstić information content (AvgIpc) is 3.96. The number of H-pyrrole nitrogens is 1. The van der Waals surface area contributed by atoms with Crippen molar-refractivity contribution in [3.8, 4) is 22.9 Å². The summed E-state index contributed by atoms with van der Waals surface area (Å²) in [5.41, 5.74) is 10.1. The molecule has 3 N–H and O–H groups in total. The van der Waals surface area contributed by atoms with E-state index < -0.39 is 17.2 Å². The number of carboxylic acids is 1. The van der Waals surface area contributed by atoms with Gasteiger partial charge in [-0.2, -0.15) is 5.21 Å². The van der Waals surface area contributed by atoms with Crippen molar-refractivity contribution in [1.82, 2.24) is 39.5 Å². The summed E-state index contributed by atoms with van der Waals surface area (Å²) in [4.78, 5) is 78.6. The third-order valence-electron chi connectivity index (χ3n) is 13.1. The van der Waals surface area contributed by atoms with Gasteiger partial charge in [-0.1, -0.05) is 74.0 Å². The van der Waals surface area contributed by atoms with E-state index in [1.807, 2.05) is 64.1 Å². The van der Waals surface area contributed by atoms with Crippen LogP contribution in [0, 0.1) is 13.8 Å². The van der Waals surface area contributed by atoms with Crippen LogP contribution in [0.4, 0.5) is 0 Å².